The first-order valence-electron chi connectivity index (χ1n) is 4.36. The van der Waals surface area contributed by atoms with Crippen molar-refractivity contribution in [3.63, 3.8) is 0 Å². The van der Waals surface area contributed by atoms with Gasteiger partial charge in [-0.15, -0.1) is 11.3 Å². The van der Waals surface area contributed by atoms with Crippen molar-refractivity contribution in [2.45, 2.75) is 26.1 Å². The minimum atomic E-state index is -4.30. The number of nitrogens with one attached hydrogen (secondary N) is 1. The average molecular weight is 240 g/mol. The number of nitrogens with zero attached hydrogens (tertiary/aromatic N) is 1. The topological polar surface area (TPSA) is 34.2 Å². The van der Waals surface area contributed by atoms with Crippen LogP contribution >= 0.6 is 11.3 Å². The maximum atomic E-state index is 11.7. The second-order valence-corrected chi connectivity index (χ2v) is 3.75. The number of rotatable bonds is 5. The Morgan fingerprint density at radius 3 is 2.80 bits per heavy atom. The van der Waals surface area contributed by atoms with Crippen LogP contribution in [-0.2, 0) is 17.8 Å². The second kappa shape index (κ2) is 5.43. The molecule has 0 aliphatic rings. The molecule has 1 N–H and O–H groups in total. The van der Waals surface area contributed by atoms with Gasteiger partial charge in [0.1, 0.15) is 0 Å². The van der Waals surface area contributed by atoms with Crippen LogP contribution < -0.4 is 5.48 Å². The number of hydroxylamine groups is 1. The lowest BCUT2D eigenvalue weighted by atomic mass is 10.5. The van der Waals surface area contributed by atoms with Crippen molar-refractivity contribution in [2.75, 3.05) is 6.61 Å². The van der Waals surface area contributed by atoms with Crippen molar-refractivity contribution in [2.24, 2.45) is 0 Å². The minimum absolute atomic E-state index is 0.187. The van der Waals surface area contributed by atoms with Crippen LogP contribution in [0.3, 0.4) is 0 Å². The zero-order valence-corrected chi connectivity index (χ0v) is 8.91. The third kappa shape index (κ3) is 5.10. The highest BCUT2D eigenvalue weighted by atomic mass is 32.1. The fourth-order valence-corrected chi connectivity index (χ4v) is 1.60. The smallest absolute Gasteiger partial charge is 0.292 e. The molecule has 0 spiro atoms. The molecule has 1 rings (SSSR count). The van der Waals surface area contributed by atoms with Crippen molar-refractivity contribution >= 4 is 11.3 Å². The number of halogens is 3. The first-order valence-corrected chi connectivity index (χ1v) is 5.24. The van der Waals surface area contributed by atoms with E-state index in [0.29, 0.717) is 5.69 Å². The van der Waals surface area contributed by atoms with Crippen LogP contribution in [0.15, 0.2) is 5.38 Å². The maximum Gasteiger partial charge on any atom is 0.413 e. The quantitative estimate of drug-likeness (QED) is 0.633. The fraction of sp³-hybridized carbons (Fsp3) is 0.625. The highest BCUT2D eigenvalue weighted by Gasteiger charge is 2.27. The summed E-state index contributed by atoms with van der Waals surface area (Å²) in [6.07, 6.45) is -3.47. The maximum absolute atomic E-state index is 11.7. The second-order valence-electron chi connectivity index (χ2n) is 2.81. The summed E-state index contributed by atoms with van der Waals surface area (Å²) < 4.78 is 35.0. The van der Waals surface area contributed by atoms with E-state index in [1.54, 1.807) is 5.38 Å². The minimum Gasteiger partial charge on any atom is -0.292 e. The highest BCUT2D eigenvalue weighted by Crippen LogP contribution is 2.14. The van der Waals surface area contributed by atoms with Crippen molar-refractivity contribution < 1.29 is 18.0 Å². The molecule has 86 valence electrons. The molecule has 0 bridgehead atoms. The van der Waals surface area contributed by atoms with Gasteiger partial charge in [-0.3, -0.25) is 4.84 Å². The molecular formula is C8H11F3N2OS. The van der Waals surface area contributed by atoms with Gasteiger partial charge in [-0.1, -0.05) is 6.92 Å². The molecule has 0 amide bonds. The number of aromatic nitrogens is 1. The van der Waals surface area contributed by atoms with E-state index in [-0.39, 0.29) is 6.54 Å². The van der Waals surface area contributed by atoms with E-state index < -0.39 is 12.8 Å². The monoisotopic (exact) mass is 240 g/mol. The molecule has 1 aromatic rings. The molecule has 0 radical (unpaired) electrons. The summed E-state index contributed by atoms with van der Waals surface area (Å²) >= 11 is 1.48. The van der Waals surface area contributed by atoms with Crippen LogP contribution in [0.4, 0.5) is 13.2 Å². The van der Waals surface area contributed by atoms with E-state index in [2.05, 4.69) is 15.3 Å². The molecule has 0 fully saturated rings. The van der Waals surface area contributed by atoms with Crippen molar-refractivity contribution in [3.05, 3.63) is 16.1 Å². The number of aryl methyl sites for hydroxylation is 1. The normalized spacial score (nSPS) is 12.0. The number of thiazole rings is 1. The van der Waals surface area contributed by atoms with Gasteiger partial charge in [-0.25, -0.2) is 4.98 Å². The molecule has 3 nitrogen and oxygen atoms in total. The Kier molecular flexibility index (Phi) is 4.49. The standard InChI is InChI=1S/C8H11F3N2OS/c1-2-7-13-6(4-15-7)3-12-14-5-8(9,10)11/h4,12H,2-3,5H2,1H3. The molecule has 15 heavy (non-hydrogen) atoms. The van der Waals surface area contributed by atoms with Crippen LogP contribution in [0.1, 0.15) is 17.6 Å². The number of hydrogen-bond donors (Lipinski definition) is 1. The third-order valence-corrected chi connectivity index (χ3v) is 2.53. The van der Waals surface area contributed by atoms with Crippen molar-refractivity contribution in [1.82, 2.24) is 10.5 Å². The van der Waals surface area contributed by atoms with Crippen LogP contribution in [0.25, 0.3) is 0 Å². The molecule has 0 saturated carbocycles. The molecule has 0 aliphatic heterocycles. The lowest BCUT2D eigenvalue weighted by Crippen LogP contribution is -2.24. The van der Waals surface area contributed by atoms with E-state index in [0.717, 1.165) is 11.4 Å². The Bertz CT molecular complexity index is 300. The van der Waals surface area contributed by atoms with Gasteiger partial charge in [0.15, 0.2) is 6.61 Å². The van der Waals surface area contributed by atoms with Gasteiger partial charge < -0.3 is 0 Å². The van der Waals surface area contributed by atoms with E-state index in [9.17, 15) is 13.2 Å². The van der Waals surface area contributed by atoms with Gasteiger partial charge >= 0.3 is 6.18 Å². The van der Waals surface area contributed by atoms with E-state index in [4.69, 9.17) is 0 Å². The summed E-state index contributed by atoms with van der Waals surface area (Å²) in [7, 11) is 0. The SMILES string of the molecule is CCc1nc(CNOCC(F)(F)F)cs1. The molecule has 0 atom stereocenters. The van der Waals surface area contributed by atoms with Crippen LogP contribution in [0, 0.1) is 0 Å². The molecule has 1 heterocycles. The molecular weight excluding hydrogens is 229 g/mol. The predicted octanol–water partition coefficient (Wildman–Crippen LogP) is 2.29. The van der Waals surface area contributed by atoms with Gasteiger partial charge in [0.2, 0.25) is 0 Å². The summed E-state index contributed by atoms with van der Waals surface area (Å²) in [4.78, 5) is 8.39. The molecule has 0 aliphatic carbocycles. The largest absolute Gasteiger partial charge is 0.413 e. The van der Waals surface area contributed by atoms with E-state index >= 15 is 0 Å². The zero-order chi connectivity index (χ0) is 11.3. The van der Waals surface area contributed by atoms with E-state index in [1.165, 1.54) is 11.3 Å². The van der Waals surface area contributed by atoms with Gasteiger partial charge in [0.05, 0.1) is 17.2 Å². The van der Waals surface area contributed by atoms with Crippen molar-refractivity contribution in [3.8, 4) is 0 Å². The summed E-state index contributed by atoms with van der Waals surface area (Å²) in [5.41, 5.74) is 2.91. The van der Waals surface area contributed by atoms with Gasteiger partial charge in [0.25, 0.3) is 0 Å². The summed E-state index contributed by atoms with van der Waals surface area (Å²) in [5, 5.41) is 2.76. The predicted molar refractivity (Wildman–Crippen MR) is 50.3 cm³/mol. The van der Waals surface area contributed by atoms with Crippen LogP contribution in [0.2, 0.25) is 0 Å². The molecule has 0 aromatic carbocycles. The van der Waals surface area contributed by atoms with Gasteiger partial charge in [0, 0.05) is 5.38 Å². The molecule has 1 aromatic heterocycles. The van der Waals surface area contributed by atoms with Gasteiger partial charge in [-0.05, 0) is 6.42 Å². The number of alkyl halides is 3. The van der Waals surface area contributed by atoms with Crippen molar-refractivity contribution in [1.29, 1.82) is 0 Å². The Balaban J connectivity index is 2.20. The van der Waals surface area contributed by atoms with Gasteiger partial charge in [-0.2, -0.15) is 18.7 Å². The van der Waals surface area contributed by atoms with Crippen LogP contribution in [0.5, 0.6) is 0 Å². The Morgan fingerprint density at radius 1 is 1.53 bits per heavy atom. The summed E-state index contributed by atoms with van der Waals surface area (Å²) in [6, 6.07) is 0. The fourth-order valence-electron chi connectivity index (χ4n) is 0.850. The summed E-state index contributed by atoms with van der Waals surface area (Å²) in [5.74, 6) is 0. The summed E-state index contributed by atoms with van der Waals surface area (Å²) in [6.45, 7) is 0.862. The third-order valence-electron chi connectivity index (χ3n) is 1.49. The highest BCUT2D eigenvalue weighted by molar-refractivity contribution is 7.09. The first kappa shape index (κ1) is 12.4. The Morgan fingerprint density at radius 2 is 2.27 bits per heavy atom. The van der Waals surface area contributed by atoms with Crippen LogP contribution in [-0.4, -0.2) is 17.8 Å². The lowest BCUT2D eigenvalue weighted by Gasteiger charge is -2.06. The molecule has 0 unspecified atom stereocenters. The molecule has 0 saturated heterocycles. The first-order chi connectivity index (χ1) is 7.01. The lowest BCUT2D eigenvalue weighted by molar-refractivity contribution is -0.190. The Hall–Kier alpha value is -0.660. The molecule has 7 heteroatoms. The Labute approximate surface area is 89.2 Å². The average Bonchev–Trinajstić information content (AvgIpc) is 2.59. The zero-order valence-electron chi connectivity index (χ0n) is 8.10. The van der Waals surface area contributed by atoms with E-state index in [1.807, 2.05) is 6.92 Å². The number of hydrogen-bond acceptors (Lipinski definition) is 4.